The Morgan fingerprint density at radius 2 is 1.78 bits per heavy atom. The number of amides is 4. The zero-order valence-electron chi connectivity index (χ0n) is 20.7. The molecule has 0 fully saturated rings. The van der Waals surface area contributed by atoms with Crippen molar-refractivity contribution in [3.05, 3.63) is 77.3 Å². The van der Waals surface area contributed by atoms with Gasteiger partial charge in [-0.05, 0) is 48.1 Å². The maximum absolute atomic E-state index is 13.2. The fraction of sp³-hybridized carbons (Fsp3) is 0.333. The van der Waals surface area contributed by atoms with Crippen molar-refractivity contribution < 1.29 is 14.4 Å². The van der Waals surface area contributed by atoms with E-state index in [0.29, 0.717) is 19.5 Å². The van der Waals surface area contributed by atoms with E-state index in [0.717, 1.165) is 27.2 Å². The lowest BCUT2D eigenvalue weighted by Crippen LogP contribution is -2.51. The predicted octanol–water partition coefficient (Wildman–Crippen LogP) is 2.98. The molecule has 2 aromatic carbocycles. The van der Waals surface area contributed by atoms with Crippen LogP contribution in [0.3, 0.4) is 0 Å². The molecule has 0 saturated carbocycles. The van der Waals surface area contributed by atoms with E-state index in [2.05, 4.69) is 51.9 Å². The Balaban J connectivity index is 1.70. The number of rotatable bonds is 12. The molecule has 0 spiro atoms. The number of fused-ring (bicyclic) bond motifs is 1. The first-order chi connectivity index (χ1) is 17.4. The van der Waals surface area contributed by atoms with Crippen LogP contribution in [0, 0.1) is 5.92 Å². The highest BCUT2D eigenvalue weighted by Gasteiger charge is 2.24. The third kappa shape index (κ3) is 7.91. The Hall–Kier alpha value is -3.72. The number of aromatic nitrogens is 1. The van der Waals surface area contributed by atoms with E-state index in [1.807, 2.05) is 36.4 Å². The molecular weight excluding hydrogens is 474 g/mol. The van der Waals surface area contributed by atoms with Gasteiger partial charge < -0.3 is 21.3 Å². The highest BCUT2D eigenvalue weighted by atomic mass is 32.1. The second kappa shape index (κ2) is 13.4. The minimum Gasteiger partial charge on any atom is -0.354 e. The molecule has 3 aromatic rings. The minimum atomic E-state index is -0.795. The molecular formula is C27H33N5O3S. The lowest BCUT2D eigenvalue weighted by Gasteiger charge is -2.21. The first-order valence-corrected chi connectivity index (χ1v) is 12.8. The Morgan fingerprint density at radius 3 is 2.47 bits per heavy atom. The van der Waals surface area contributed by atoms with Crippen molar-refractivity contribution in [2.75, 3.05) is 20.1 Å². The van der Waals surface area contributed by atoms with Gasteiger partial charge in [0.15, 0.2) is 0 Å². The van der Waals surface area contributed by atoms with Gasteiger partial charge in [-0.15, -0.1) is 11.3 Å². The van der Waals surface area contributed by atoms with Crippen LogP contribution in [0.4, 0.5) is 4.79 Å². The normalized spacial score (nSPS) is 12.4. The Bertz CT molecular complexity index is 1190. The maximum atomic E-state index is 13.2. The number of nitrogens with one attached hydrogen (secondary N) is 4. The summed E-state index contributed by atoms with van der Waals surface area (Å²) >= 11 is 1.53. The summed E-state index contributed by atoms with van der Waals surface area (Å²) in [5.41, 5.74) is 3.21. The summed E-state index contributed by atoms with van der Waals surface area (Å²) in [7, 11) is 1.51. The summed E-state index contributed by atoms with van der Waals surface area (Å²) in [5.74, 6) is -0.614. The third-order valence-electron chi connectivity index (χ3n) is 5.82. The van der Waals surface area contributed by atoms with Gasteiger partial charge in [0.05, 0.1) is 15.2 Å². The third-order valence-corrected chi connectivity index (χ3v) is 6.86. The topological polar surface area (TPSA) is 112 Å². The second-order valence-corrected chi connectivity index (χ2v) is 9.61. The number of carbonyl (C=O) groups is 3. The number of nitrogens with zero attached hydrogens (tertiary/aromatic N) is 1. The van der Waals surface area contributed by atoms with Gasteiger partial charge in [0.2, 0.25) is 11.8 Å². The average Bonchev–Trinajstić information content (AvgIpc) is 3.31. The zero-order chi connectivity index (χ0) is 25.9. The molecule has 3 rings (SSSR count). The molecule has 0 aliphatic rings. The second-order valence-electron chi connectivity index (χ2n) is 8.49. The maximum Gasteiger partial charge on any atom is 0.315 e. The van der Waals surface area contributed by atoms with Crippen molar-refractivity contribution >= 4 is 39.4 Å². The molecule has 0 radical (unpaired) electrons. The SMILES string of the molecule is C=CC(=O)NCC(CNC(=O)[C@H](Cc1nc2ccc(CC)cc2s1)NC(=O)NC)Cc1ccccc1. The number of carbonyl (C=O) groups excluding carboxylic acids is 3. The van der Waals surface area contributed by atoms with Gasteiger partial charge in [0.25, 0.3) is 0 Å². The molecule has 0 bridgehead atoms. The quantitative estimate of drug-likeness (QED) is 0.282. The van der Waals surface area contributed by atoms with E-state index in [9.17, 15) is 14.4 Å². The van der Waals surface area contributed by atoms with E-state index in [-0.39, 0.29) is 24.2 Å². The van der Waals surface area contributed by atoms with Gasteiger partial charge in [-0.2, -0.15) is 0 Å². The molecule has 0 aliphatic heterocycles. The average molecular weight is 508 g/mol. The molecule has 9 heteroatoms. The predicted molar refractivity (Wildman–Crippen MR) is 144 cm³/mol. The van der Waals surface area contributed by atoms with Crippen LogP contribution in [0.2, 0.25) is 0 Å². The van der Waals surface area contributed by atoms with E-state index in [4.69, 9.17) is 0 Å². The Labute approximate surface area is 215 Å². The Kier molecular flexibility index (Phi) is 10.00. The summed E-state index contributed by atoms with van der Waals surface area (Å²) in [6.45, 7) is 6.30. The van der Waals surface area contributed by atoms with Crippen molar-refractivity contribution in [3.63, 3.8) is 0 Å². The molecule has 2 atom stereocenters. The molecule has 4 amide bonds. The number of hydrogen-bond donors (Lipinski definition) is 4. The monoisotopic (exact) mass is 507 g/mol. The Morgan fingerprint density at radius 1 is 1.03 bits per heavy atom. The highest BCUT2D eigenvalue weighted by Crippen LogP contribution is 2.24. The molecule has 1 unspecified atom stereocenters. The van der Waals surface area contributed by atoms with E-state index < -0.39 is 12.1 Å². The molecule has 1 aromatic heterocycles. The number of thiazole rings is 1. The van der Waals surface area contributed by atoms with Gasteiger partial charge >= 0.3 is 6.03 Å². The zero-order valence-corrected chi connectivity index (χ0v) is 21.5. The lowest BCUT2D eigenvalue weighted by atomic mass is 9.99. The summed E-state index contributed by atoms with van der Waals surface area (Å²) < 4.78 is 1.06. The van der Waals surface area contributed by atoms with E-state index in [1.165, 1.54) is 30.0 Å². The van der Waals surface area contributed by atoms with Crippen LogP contribution < -0.4 is 21.3 Å². The van der Waals surface area contributed by atoms with E-state index >= 15 is 0 Å². The highest BCUT2D eigenvalue weighted by molar-refractivity contribution is 7.18. The fourth-order valence-corrected chi connectivity index (χ4v) is 4.86. The summed E-state index contributed by atoms with van der Waals surface area (Å²) in [6, 6.07) is 14.8. The first kappa shape index (κ1) is 26.9. The lowest BCUT2D eigenvalue weighted by molar-refractivity contribution is -0.123. The van der Waals surface area contributed by atoms with Crippen LogP contribution in [0.15, 0.2) is 61.2 Å². The van der Waals surface area contributed by atoms with Crippen molar-refractivity contribution in [2.24, 2.45) is 5.92 Å². The first-order valence-electron chi connectivity index (χ1n) is 12.0. The fourth-order valence-electron chi connectivity index (χ4n) is 3.79. The molecule has 8 nitrogen and oxygen atoms in total. The van der Waals surface area contributed by atoms with Crippen LogP contribution in [-0.2, 0) is 28.9 Å². The van der Waals surface area contributed by atoms with Crippen molar-refractivity contribution in [1.29, 1.82) is 0 Å². The largest absolute Gasteiger partial charge is 0.354 e. The van der Waals surface area contributed by atoms with Gasteiger partial charge in [0, 0.05) is 26.6 Å². The number of aryl methyl sites for hydroxylation is 1. The van der Waals surface area contributed by atoms with Crippen molar-refractivity contribution in [2.45, 2.75) is 32.2 Å². The minimum absolute atomic E-state index is 0.0455. The van der Waals surface area contributed by atoms with E-state index in [1.54, 1.807) is 0 Å². The molecule has 4 N–H and O–H groups in total. The molecule has 1 heterocycles. The van der Waals surface area contributed by atoms with Gasteiger partial charge in [-0.25, -0.2) is 9.78 Å². The van der Waals surface area contributed by atoms with Crippen LogP contribution in [0.1, 0.15) is 23.1 Å². The summed E-state index contributed by atoms with van der Waals surface area (Å²) in [4.78, 5) is 41.6. The van der Waals surface area contributed by atoms with Crippen LogP contribution in [0.5, 0.6) is 0 Å². The van der Waals surface area contributed by atoms with Crippen LogP contribution in [-0.4, -0.2) is 49.0 Å². The number of hydrogen-bond acceptors (Lipinski definition) is 5. The van der Waals surface area contributed by atoms with Crippen molar-refractivity contribution in [3.8, 4) is 0 Å². The molecule has 0 saturated heterocycles. The molecule has 36 heavy (non-hydrogen) atoms. The molecule has 0 aliphatic carbocycles. The van der Waals surface area contributed by atoms with Crippen LogP contribution in [0.25, 0.3) is 10.2 Å². The number of benzene rings is 2. The van der Waals surface area contributed by atoms with Gasteiger partial charge in [-0.1, -0.05) is 49.9 Å². The smallest absolute Gasteiger partial charge is 0.315 e. The number of urea groups is 1. The van der Waals surface area contributed by atoms with Gasteiger partial charge in [-0.3, -0.25) is 9.59 Å². The summed E-state index contributed by atoms with van der Waals surface area (Å²) in [6.07, 6.45) is 3.10. The standard InChI is InChI=1S/C27H33N5O3S/c1-4-18-11-12-21-23(14-18)36-25(31-21)15-22(32-27(35)28-3)26(34)30-17-20(16-29-24(33)5-2)13-19-9-7-6-8-10-19/h5-12,14,20,22H,2,4,13,15-17H2,1,3H3,(H,29,33)(H,30,34)(H2,28,32,35)/t20?,22-/m0/s1. The summed E-state index contributed by atoms with van der Waals surface area (Å²) in [5, 5.41) is 11.8. The van der Waals surface area contributed by atoms with Crippen LogP contribution >= 0.6 is 11.3 Å². The van der Waals surface area contributed by atoms with Crippen molar-refractivity contribution in [1.82, 2.24) is 26.3 Å². The van der Waals surface area contributed by atoms with Gasteiger partial charge in [0.1, 0.15) is 6.04 Å². The molecule has 190 valence electrons.